The number of fused-ring (bicyclic) bond motifs is 3. The summed E-state index contributed by atoms with van der Waals surface area (Å²) in [7, 11) is 3.85. The van der Waals surface area contributed by atoms with E-state index in [2.05, 4.69) is 26.9 Å². The molecule has 1 aliphatic rings. The van der Waals surface area contributed by atoms with Gasteiger partial charge in [-0.05, 0) is 56.8 Å². The number of nitrogens with zero attached hydrogens (tertiary/aromatic N) is 4. The number of carbonyl (C=O) groups is 1. The Bertz CT molecular complexity index is 1900. The third-order valence-corrected chi connectivity index (χ3v) is 8.70. The number of esters is 1. The van der Waals surface area contributed by atoms with Crippen LogP contribution in [0.15, 0.2) is 60.7 Å². The van der Waals surface area contributed by atoms with Crippen LogP contribution in [0.2, 0.25) is 0 Å². The number of aryl methyl sites for hydroxylation is 3. The minimum absolute atomic E-state index is 0. The maximum Gasteiger partial charge on any atom is 0.401 e. The smallest absolute Gasteiger partial charge is 0.401 e. The van der Waals surface area contributed by atoms with E-state index in [9.17, 15) is 18.0 Å². The Hall–Kier alpha value is -4.35. The first kappa shape index (κ1) is 32.6. The predicted octanol–water partition coefficient (Wildman–Crippen LogP) is 7.12. The normalized spacial score (nSPS) is 14.0. The van der Waals surface area contributed by atoms with Crippen LogP contribution < -0.4 is 10.1 Å². The molecule has 0 saturated carbocycles. The summed E-state index contributed by atoms with van der Waals surface area (Å²) >= 11 is 0. The van der Waals surface area contributed by atoms with Gasteiger partial charge in [0.2, 0.25) is 0 Å². The molecule has 0 aliphatic carbocycles. The number of hydrogen-bond donors (Lipinski definition) is 1. The van der Waals surface area contributed by atoms with Crippen molar-refractivity contribution in [2.75, 3.05) is 33.4 Å². The molecule has 5 aromatic rings. The highest BCUT2D eigenvalue weighted by Crippen LogP contribution is 2.39. The molecule has 0 atom stereocenters. The molecule has 250 valence electrons. The van der Waals surface area contributed by atoms with Crippen molar-refractivity contribution in [1.82, 2.24) is 24.6 Å². The molecule has 1 aliphatic heterocycles. The molecule has 6 rings (SSSR count). The number of aromatic nitrogens is 3. The second-order valence-corrected chi connectivity index (χ2v) is 12.0. The van der Waals surface area contributed by atoms with Crippen molar-refractivity contribution < 1.29 is 28.9 Å². The molecule has 47 heavy (non-hydrogen) atoms. The van der Waals surface area contributed by atoms with Gasteiger partial charge in [-0.15, -0.1) is 0 Å². The fourth-order valence-electron chi connectivity index (χ4n) is 6.74. The van der Waals surface area contributed by atoms with Gasteiger partial charge in [-0.25, -0.2) is 4.79 Å². The van der Waals surface area contributed by atoms with Crippen LogP contribution in [-0.2, 0) is 37.8 Å². The van der Waals surface area contributed by atoms with Crippen molar-refractivity contribution in [3.8, 4) is 16.9 Å². The fraction of sp³-hybridized carbons (Fsp3) is 0.389. The van der Waals surface area contributed by atoms with Gasteiger partial charge in [-0.1, -0.05) is 54.6 Å². The van der Waals surface area contributed by atoms with E-state index >= 15 is 0 Å². The van der Waals surface area contributed by atoms with Crippen LogP contribution in [-0.4, -0.2) is 64.7 Å². The van der Waals surface area contributed by atoms with E-state index in [0.717, 1.165) is 62.8 Å². The highest BCUT2D eigenvalue weighted by atomic mass is 19.4. The van der Waals surface area contributed by atoms with Crippen LogP contribution in [0.5, 0.6) is 5.75 Å². The van der Waals surface area contributed by atoms with Gasteiger partial charge in [0, 0.05) is 50.0 Å². The Balaban J connectivity index is 0.00000451. The second-order valence-electron chi connectivity index (χ2n) is 12.0. The zero-order valence-electron chi connectivity index (χ0n) is 27.0. The Morgan fingerprint density at radius 2 is 1.79 bits per heavy atom. The number of ether oxygens (including phenoxy) is 2. The molecular formula is C36H42F3N5O3. The van der Waals surface area contributed by atoms with Crippen molar-refractivity contribution >= 4 is 27.6 Å². The van der Waals surface area contributed by atoms with Gasteiger partial charge >= 0.3 is 12.1 Å². The molecule has 0 amide bonds. The molecule has 0 unspecified atom stereocenters. The molecule has 0 fully saturated rings. The second kappa shape index (κ2) is 13.8. The summed E-state index contributed by atoms with van der Waals surface area (Å²) in [4.78, 5) is 15.9. The van der Waals surface area contributed by atoms with Gasteiger partial charge in [0.05, 0.1) is 36.7 Å². The van der Waals surface area contributed by atoms with Crippen LogP contribution >= 0.6 is 0 Å². The summed E-state index contributed by atoms with van der Waals surface area (Å²) in [5, 5.41) is 10.3. The fourth-order valence-corrected chi connectivity index (χ4v) is 6.74. The highest BCUT2D eigenvalue weighted by Gasteiger charge is 2.30. The molecule has 1 N–H and O–H groups in total. The lowest BCUT2D eigenvalue weighted by Crippen LogP contribution is -2.28. The predicted molar refractivity (Wildman–Crippen MR) is 179 cm³/mol. The lowest BCUT2D eigenvalue weighted by Gasteiger charge is -2.22. The summed E-state index contributed by atoms with van der Waals surface area (Å²) in [6.07, 6.45) is -2.32. The van der Waals surface area contributed by atoms with Crippen LogP contribution in [0.25, 0.3) is 32.8 Å². The molecule has 0 bridgehead atoms. The number of rotatable bonds is 10. The van der Waals surface area contributed by atoms with E-state index in [1.54, 1.807) is 11.6 Å². The first-order chi connectivity index (χ1) is 22.7. The van der Waals surface area contributed by atoms with E-state index in [4.69, 9.17) is 14.6 Å². The summed E-state index contributed by atoms with van der Waals surface area (Å²) < 4.78 is 55.0. The van der Waals surface area contributed by atoms with Gasteiger partial charge in [0.15, 0.2) is 0 Å². The van der Waals surface area contributed by atoms with Gasteiger partial charge in [0.1, 0.15) is 11.4 Å². The monoisotopic (exact) mass is 649 g/mol. The van der Waals surface area contributed by atoms with Gasteiger partial charge in [0.25, 0.3) is 0 Å². The average molecular weight is 650 g/mol. The summed E-state index contributed by atoms with van der Waals surface area (Å²) in [5.74, 6) is 0.431. The topological polar surface area (TPSA) is 73.6 Å². The SMILES string of the molecule is CCOC(=O)c1c(CCCOc2cccc3ccccc23)c2cccc3c2n1CCCN(C)Cc1c-3c(CNCC(F)(F)F)nn1C.[HH]. The highest BCUT2D eigenvalue weighted by molar-refractivity contribution is 6.05. The molecular weight excluding hydrogens is 607 g/mol. The zero-order chi connectivity index (χ0) is 33.1. The molecule has 3 heterocycles. The van der Waals surface area contributed by atoms with Crippen molar-refractivity contribution in [3.63, 3.8) is 0 Å². The molecule has 0 spiro atoms. The lowest BCUT2D eigenvalue weighted by atomic mass is 9.97. The van der Waals surface area contributed by atoms with Gasteiger partial charge in [-0.3, -0.25) is 4.68 Å². The first-order valence-electron chi connectivity index (χ1n) is 16.1. The number of para-hydroxylation sites is 1. The van der Waals surface area contributed by atoms with E-state index in [-0.39, 0.29) is 20.5 Å². The largest absolute Gasteiger partial charge is 0.493 e. The molecule has 0 radical (unpaired) electrons. The minimum atomic E-state index is -4.34. The third-order valence-electron chi connectivity index (χ3n) is 8.70. The Morgan fingerprint density at radius 3 is 2.60 bits per heavy atom. The van der Waals surface area contributed by atoms with Crippen LogP contribution in [0.3, 0.4) is 0 Å². The quantitative estimate of drug-likeness (QED) is 0.128. The summed E-state index contributed by atoms with van der Waals surface area (Å²) in [6.45, 7) is 3.24. The van der Waals surface area contributed by atoms with Crippen molar-refractivity contribution in [2.45, 2.75) is 52.0 Å². The zero-order valence-corrected chi connectivity index (χ0v) is 27.0. The Labute approximate surface area is 273 Å². The summed E-state index contributed by atoms with van der Waals surface area (Å²) in [6, 6.07) is 20.1. The first-order valence-corrected chi connectivity index (χ1v) is 16.1. The molecule has 11 heteroatoms. The van der Waals surface area contributed by atoms with E-state index < -0.39 is 12.7 Å². The standard InChI is InChI=1S/C36H40F3N5O3.H2/c1-4-46-35(45)34-27(16-9-20-47-31-17-7-12-24-11-5-6-13-25(24)31)26-14-8-15-28-32-29(21-40-23-36(37,38)39)41-43(3)30(32)22-42(2)18-10-19-44(34)33(26)28;/h5-8,11-15,17,40H,4,9-10,16,18-23H2,1-3H3;1H. The molecule has 2 aromatic heterocycles. The number of hydrogen-bond acceptors (Lipinski definition) is 6. The number of halogens is 3. The average Bonchev–Trinajstić information content (AvgIpc) is 3.52. The van der Waals surface area contributed by atoms with Crippen molar-refractivity contribution in [1.29, 1.82) is 0 Å². The number of benzene rings is 3. The third kappa shape index (κ3) is 6.87. The molecule has 8 nitrogen and oxygen atoms in total. The number of nitrogens with one attached hydrogen (secondary N) is 1. The lowest BCUT2D eigenvalue weighted by molar-refractivity contribution is -0.125. The van der Waals surface area contributed by atoms with E-state index in [0.29, 0.717) is 43.9 Å². The van der Waals surface area contributed by atoms with E-state index in [1.165, 1.54) is 0 Å². The number of carbonyl (C=O) groups excluding carboxylic acids is 1. The van der Waals surface area contributed by atoms with Crippen molar-refractivity contribution in [2.24, 2.45) is 7.05 Å². The van der Waals surface area contributed by atoms with E-state index in [1.807, 2.05) is 62.6 Å². The maximum atomic E-state index is 13.7. The van der Waals surface area contributed by atoms with Crippen molar-refractivity contribution in [3.05, 3.63) is 83.3 Å². The van der Waals surface area contributed by atoms with Gasteiger partial charge < -0.3 is 24.3 Å². The van der Waals surface area contributed by atoms with Gasteiger partial charge in [-0.2, -0.15) is 18.3 Å². The Morgan fingerprint density at radius 1 is 1.02 bits per heavy atom. The minimum Gasteiger partial charge on any atom is -0.493 e. The summed E-state index contributed by atoms with van der Waals surface area (Å²) in [5.41, 5.74) is 5.35. The molecule has 3 aromatic carbocycles. The van der Waals surface area contributed by atoms with Crippen LogP contribution in [0.1, 0.15) is 48.6 Å². The number of alkyl halides is 3. The van der Waals surface area contributed by atoms with Crippen LogP contribution in [0.4, 0.5) is 13.2 Å². The molecule has 0 saturated heterocycles. The Kier molecular flexibility index (Phi) is 9.56. The maximum absolute atomic E-state index is 13.7. The van der Waals surface area contributed by atoms with Crippen LogP contribution in [0, 0.1) is 0 Å².